The van der Waals surface area contributed by atoms with Crippen molar-refractivity contribution in [3.05, 3.63) is 59.7 Å². The molecule has 0 radical (unpaired) electrons. The molecule has 0 aliphatic rings. The number of hydrogen-bond acceptors (Lipinski definition) is 4. The summed E-state index contributed by atoms with van der Waals surface area (Å²) in [5.74, 6) is 0.664. The minimum absolute atomic E-state index is 0.0738. The molecule has 2 N–H and O–H groups in total. The molecular weight excluding hydrogens is 352 g/mol. The average molecular weight is 376 g/mol. The number of carbonyl (C=O) groups excluding carboxylic acids is 1. The largest absolute Gasteiger partial charge is 0.496 e. The van der Waals surface area contributed by atoms with Gasteiger partial charge in [-0.3, -0.25) is 4.79 Å². The van der Waals surface area contributed by atoms with Crippen LogP contribution in [0.15, 0.2) is 53.4 Å². The van der Waals surface area contributed by atoms with Crippen molar-refractivity contribution in [2.75, 3.05) is 14.2 Å². The average Bonchev–Trinajstić information content (AvgIpc) is 2.66. The van der Waals surface area contributed by atoms with E-state index < -0.39 is 10.0 Å². The molecular formula is C19H24N2O4S. The molecule has 0 bridgehead atoms. The molecule has 0 fully saturated rings. The zero-order chi connectivity index (χ0) is 19.2. The Morgan fingerprint density at radius 2 is 1.77 bits per heavy atom. The fraction of sp³-hybridized carbons (Fsp3) is 0.316. The van der Waals surface area contributed by atoms with Crippen molar-refractivity contribution < 1.29 is 17.9 Å². The number of ether oxygens (including phenoxy) is 1. The number of methoxy groups -OCH3 is 1. The van der Waals surface area contributed by atoms with Gasteiger partial charge in [0.1, 0.15) is 5.75 Å². The summed E-state index contributed by atoms with van der Waals surface area (Å²) in [7, 11) is -0.467. The molecule has 140 valence electrons. The lowest BCUT2D eigenvalue weighted by Gasteiger charge is -2.17. The van der Waals surface area contributed by atoms with E-state index in [9.17, 15) is 13.2 Å². The van der Waals surface area contributed by atoms with Gasteiger partial charge in [-0.05, 0) is 44.2 Å². The zero-order valence-electron chi connectivity index (χ0n) is 15.2. The van der Waals surface area contributed by atoms with Gasteiger partial charge in [-0.2, -0.15) is 0 Å². The lowest BCUT2D eigenvalue weighted by Crippen LogP contribution is -2.27. The van der Waals surface area contributed by atoms with E-state index in [2.05, 4.69) is 10.0 Å². The summed E-state index contributed by atoms with van der Waals surface area (Å²) in [4.78, 5) is 12.4. The number of aryl methyl sites for hydroxylation is 1. The van der Waals surface area contributed by atoms with E-state index in [4.69, 9.17) is 4.74 Å². The summed E-state index contributed by atoms with van der Waals surface area (Å²) in [5.41, 5.74) is 1.82. The van der Waals surface area contributed by atoms with E-state index in [-0.39, 0.29) is 16.8 Å². The molecule has 7 heteroatoms. The molecule has 0 saturated carbocycles. The maximum atomic E-state index is 12.2. The minimum atomic E-state index is -3.44. The molecule has 0 saturated heterocycles. The molecule has 0 aromatic heterocycles. The van der Waals surface area contributed by atoms with E-state index in [0.29, 0.717) is 12.8 Å². The van der Waals surface area contributed by atoms with Gasteiger partial charge in [-0.25, -0.2) is 13.1 Å². The molecule has 6 nitrogen and oxygen atoms in total. The Morgan fingerprint density at radius 1 is 1.12 bits per heavy atom. The van der Waals surface area contributed by atoms with Crippen LogP contribution in [0.2, 0.25) is 0 Å². The molecule has 2 rings (SSSR count). The fourth-order valence-electron chi connectivity index (χ4n) is 2.63. The Bertz CT molecular complexity index is 848. The summed E-state index contributed by atoms with van der Waals surface area (Å²) < 4.78 is 31.0. The standard InChI is InChI=1S/C19H24N2O4S/c1-14(17-6-4-5-7-18(17)25-3)21-19(22)13-10-15-8-11-16(12-9-15)26(23,24)20-2/h4-9,11-12,14,20H,10,13H2,1-3H3,(H,21,22)/t14-/m1/s1. The van der Waals surface area contributed by atoms with Crippen LogP contribution < -0.4 is 14.8 Å². The molecule has 2 aromatic carbocycles. The second-order valence-electron chi connectivity index (χ2n) is 5.88. The summed E-state index contributed by atoms with van der Waals surface area (Å²) in [6.45, 7) is 1.91. The molecule has 1 amide bonds. The van der Waals surface area contributed by atoms with Crippen LogP contribution in [0.5, 0.6) is 5.75 Å². The van der Waals surface area contributed by atoms with E-state index in [1.54, 1.807) is 19.2 Å². The second-order valence-corrected chi connectivity index (χ2v) is 7.77. The van der Waals surface area contributed by atoms with Crippen LogP contribution >= 0.6 is 0 Å². The quantitative estimate of drug-likeness (QED) is 0.741. The van der Waals surface area contributed by atoms with E-state index >= 15 is 0 Å². The van der Waals surface area contributed by atoms with Crippen molar-refractivity contribution in [3.8, 4) is 5.75 Å². The lowest BCUT2D eigenvalue weighted by molar-refractivity contribution is -0.121. The molecule has 0 aliphatic carbocycles. The van der Waals surface area contributed by atoms with Crippen molar-refractivity contribution in [1.29, 1.82) is 0 Å². The number of benzene rings is 2. The van der Waals surface area contributed by atoms with Crippen LogP contribution in [0.3, 0.4) is 0 Å². The van der Waals surface area contributed by atoms with Crippen LogP contribution in [-0.2, 0) is 21.2 Å². The third-order valence-corrected chi connectivity index (χ3v) is 5.56. The Morgan fingerprint density at radius 3 is 2.38 bits per heavy atom. The Balaban J connectivity index is 1.92. The van der Waals surface area contributed by atoms with Gasteiger partial charge in [0.2, 0.25) is 15.9 Å². The number of rotatable bonds is 8. The van der Waals surface area contributed by atoms with Gasteiger partial charge >= 0.3 is 0 Å². The van der Waals surface area contributed by atoms with Crippen LogP contribution in [-0.4, -0.2) is 28.5 Å². The predicted molar refractivity (Wildman–Crippen MR) is 101 cm³/mol. The van der Waals surface area contributed by atoms with E-state index in [0.717, 1.165) is 16.9 Å². The van der Waals surface area contributed by atoms with Crippen LogP contribution in [0.4, 0.5) is 0 Å². The van der Waals surface area contributed by atoms with Crippen molar-refractivity contribution in [1.82, 2.24) is 10.0 Å². The Kier molecular flexibility index (Phi) is 6.76. The number of sulfonamides is 1. The van der Waals surface area contributed by atoms with Crippen LogP contribution in [0.25, 0.3) is 0 Å². The SMILES string of the molecule is CNS(=O)(=O)c1ccc(CCC(=O)N[C@H](C)c2ccccc2OC)cc1. The van der Waals surface area contributed by atoms with E-state index in [1.807, 2.05) is 31.2 Å². The van der Waals surface area contributed by atoms with Gasteiger partial charge in [0.05, 0.1) is 18.0 Å². The highest BCUT2D eigenvalue weighted by molar-refractivity contribution is 7.89. The molecule has 0 aliphatic heterocycles. The summed E-state index contributed by atoms with van der Waals surface area (Å²) in [5, 5.41) is 2.96. The highest BCUT2D eigenvalue weighted by Crippen LogP contribution is 2.24. The first-order chi connectivity index (χ1) is 12.4. The van der Waals surface area contributed by atoms with Gasteiger partial charge in [0.25, 0.3) is 0 Å². The summed E-state index contributed by atoms with van der Waals surface area (Å²) in [6.07, 6.45) is 0.849. The third-order valence-electron chi connectivity index (χ3n) is 4.13. The van der Waals surface area contributed by atoms with Crippen molar-refractivity contribution >= 4 is 15.9 Å². The number of amides is 1. The predicted octanol–water partition coefficient (Wildman–Crippen LogP) is 2.41. The number of nitrogens with one attached hydrogen (secondary N) is 2. The van der Waals surface area contributed by atoms with Gasteiger partial charge in [-0.15, -0.1) is 0 Å². The summed E-state index contributed by atoms with van der Waals surface area (Å²) in [6, 6.07) is 13.9. The fourth-order valence-corrected chi connectivity index (χ4v) is 3.36. The number of para-hydroxylation sites is 1. The first-order valence-electron chi connectivity index (χ1n) is 8.32. The van der Waals surface area contributed by atoms with Gasteiger partial charge < -0.3 is 10.1 Å². The van der Waals surface area contributed by atoms with Gasteiger partial charge in [0.15, 0.2) is 0 Å². The Labute approximate surface area is 154 Å². The molecule has 0 heterocycles. The molecule has 1 atom stereocenters. The molecule has 0 unspecified atom stereocenters. The molecule has 0 spiro atoms. The van der Waals surface area contributed by atoms with Crippen molar-refractivity contribution in [3.63, 3.8) is 0 Å². The normalized spacial score (nSPS) is 12.4. The van der Waals surface area contributed by atoms with Crippen molar-refractivity contribution in [2.45, 2.75) is 30.7 Å². The monoisotopic (exact) mass is 376 g/mol. The smallest absolute Gasteiger partial charge is 0.240 e. The Hall–Kier alpha value is -2.38. The second kappa shape index (κ2) is 8.82. The van der Waals surface area contributed by atoms with E-state index in [1.165, 1.54) is 19.2 Å². The van der Waals surface area contributed by atoms with Crippen LogP contribution in [0, 0.1) is 0 Å². The topological polar surface area (TPSA) is 84.5 Å². The van der Waals surface area contributed by atoms with Crippen LogP contribution in [0.1, 0.15) is 30.5 Å². The molecule has 26 heavy (non-hydrogen) atoms. The zero-order valence-corrected chi connectivity index (χ0v) is 16.0. The van der Waals surface area contributed by atoms with Gasteiger partial charge in [0, 0.05) is 12.0 Å². The van der Waals surface area contributed by atoms with Gasteiger partial charge in [-0.1, -0.05) is 30.3 Å². The number of hydrogen-bond donors (Lipinski definition) is 2. The van der Waals surface area contributed by atoms with Crippen molar-refractivity contribution in [2.24, 2.45) is 0 Å². The molecule has 2 aromatic rings. The third kappa shape index (κ3) is 5.06. The maximum absolute atomic E-state index is 12.2. The highest BCUT2D eigenvalue weighted by atomic mass is 32.2. The first kappa shape index (κ1) is 19.9. The minimum Gasteiger partial charge on any atom is -0.496 e. The highest BCUT2D eigenvalue weighted by Gasteiger charge is 2.14. The summed E-state index contributed by atoms with van der Waals surface area (Å²) >= 11 is 0. The lowest BCUT2D eigenvalue weighted by atomic mass is 10.1. The first-order valence-corrected chi connectivity index (χ1v) is 9.80. The maximum Gasteiger partial charge on any atom is 0.240 e. The number of carbonyl (C=O) groups is 1.